The largest absolute Gasteiger partial charge is 0.508 e. The Labute approximate surface area is 224 Å². The molecule has 4 nitrogen and oxygen atoms in total. The zero-order chi connectivity index (χ0) is 25.8. The number of unbranched alkanes of at least 4 members (excludes halogenated alkanes) is 2. The first-order valence-electron chi connectivity index (χ1n) is 14.8. The quantitative estimate of drug-likeness (QED) is 0.330. The van der Waals surface area contributed by atoms with Gasteiger partial charge in [-0.15, -0.1) is 0 Å². The summed E-state index contributed by atoms with van der Waals surface area (Å²) >= 11 is 0. The maximum absolute atomic E-state index is 11.0. The number of aryl methyl sites for hydroxylation is 1. The number of phenolic OH excluding ortho intramolecular Hbond substituents is 1. The molecule has 37 heavy (non-hydrogen) atoms. The molecule has 2 N–H and O–H groups in total. The molecule has 0 amide bonds. The molecular weight excluding hydrogens is 458 g/mol. The van der Waals surface area contributed by atoms with Crippen molar-refractivity contribution in [1.29, 1.82) is 0 Å². The van der Waals surface area contributed by atoms with Crippen molar-refractivity contribution in [3.05, 3.63) is 59.7 Å². The number of nitrogens with zero attached hydrogens (tertiary/aromatic N) is 1. The van der Waals surface area contributed by atoms with Gasteiger partial charge in [0.05, 0.1) is 12.7 Å². The number of ether oxygens (including phenoxy) is 1. The second-order valence-corrected chi connectivity index (χ2v) is 12.4. The summed E-state index contributed by atoms with van der Waals surface area (Å²) in [6, 6.07) is 16.2. The lowest BCUT2D eigenvalue weighted by Crippen LogP contribution is -2.47. The standard InChI is InChI=1S/C33H47NO3/c1-33-23-25(10-5-4-8-19-34(2)20-9-21-37-27-11-6-3-7-12-27)32-28-16-14-26(35)22-24(28)13-15-29(32)30(33)17-18-31(33)36/h3,6-7,11-12,14,16,22,25,29-32,35-36H,4-5,8-10,13,15,17-21,23H2,1-2H3/t25-,29-,30-,31-,32+,33-/m0/s1. The van der Waals surface area contributed by atoms with Gasteiger partial charge in [-0.1, -0.05) is 44.0 Å². The molecule has 202 valence electrons. The summed E-state index contributed by atoms with van der Waals surface area (Å²) in [5.41, 5.74) is 2.95. The van der Waals surface area contributed by atoms with Crippen molar-refractivity contribution < 1.29 is 14.9 Å². The first-order valence-corrected chi connectivity index (χ1v) is 14.8. The van der Waals surface area contributed by atoms with E-state index in [9.17, 15) is 10.2 Å². The summed E-state index contributed by atoms with van der Waals surface area (Å²) in [5, 5.41) is 21.1. The molecular formula is C33H47NO3. The number of para-hydroxylation sites is 1. The lowest BCUT2D eigenvalue weighted by Gasteiger charge is -2.54. The van der Waals surface area contributed by atoms with Crippen LogP contribution in [0.15, 0.2) is 48.5 Å². The van der Waals surface area contributed by atoms with Crippen LogP contribution in [0.4, 0.5) is 0 Å². The molecule has 3 aliphatic rings. The summed E-state index contributed by atoms with van der Waals surface area (Å²) in [5.74, 6) is 3.92. The van der Waals surface area contributed by atoms with Crippen molar-refractivity contribution in [2.24, 2.45) is 23.2 Å². The first-order chi connectivity index (χ1) is 18.0. The predicted molar refractivity (Wildman–Crippen MR) is 150 cm³/mol. The van der Waals surface area contributed by atoms with E-state index < -0.39 is 0 Å². The number of aliphatic hydroxyl groups excluding tert-OH is 1. The van der Waals surface area contributed by atoms with Crippen LogP contribution >= 0.6 is 0 Å². The van der Waals surface area contributed by atoms with Gasteiger partial charge in [-0.3, -0.25) is 0 Å². The molecule has 4 heteroatoms. The van der Waals surface area contributed by atoms with Crippen molar-refractivity contribution in [1.82, 2.24) is 4.90 Å². The molecule has 6 atom stereocenters. The fraction of sp³-hybridized carbons (Fsp3) is 0.636. The van der Waals surface area contributed by atoms with E-state index in [0.29, 0.717) is 29.4 Å². The van der Waals surface area contributed by atoms with E-state index in [4.69, 9.17) is 4.74 Å². The molecule has 2 saturated carbocycles. The second-order valence-electron chi connectivity index (χ2n) is 12.4. The van der Waals surface area contributed by atoms with Gasteiger partial charge >= 0.3 is 0 Å². The van der Waals surface area contributed by atoms with Gasteiger partial charge in [0, 0.05) is 6.54 Å². The minimum absolute atomic E-state index is 0.0856. The van der Waals surface area contributed by atoms with Crippen LogP contribution in [0.3, 0.4) is 0 Å². The van der Waals surface area contributed by atoms with Crippen molar-refractivity contribution in [2.45, 2.75) is 83.2 Å². The number of hydrogen-bond acceptors (Lipinski definition) is 4. The third-order valence-corrected chi connectivity index (χ3v) is 10.1. The lowest BCUT2D eigenvalue weighted by molar-refractivity contribution is -0.0501. The molecule has 0 bridgehead atoms. The highest BCUT2D eigenvalue weighted by molar-refractivity contribution is 5.40. The minimum atomic E-state index is -0.137. The fourth-order valence-corrected chi connectivity index (χ4v) is 8.25. The summed E-state index contributed by atoms with van der Waals surface area (Å²) in [6.07, 6.45) is 11.5. The van der Waals surface area contributed by atoms with Gasteiger partial charge in [-0.25, -0.2) is 0 Å². The molecule has 2 fully saturated rings. The topological polar surface area (TPSA) is 52.9 Å². The number of hydrogen-bond donors (Lipinski definition) is 2. The van der Waals surface area contributed by atoms with E-state index in [1.807, 2.05) is 42.5 Å². The van der Waals surface area contributed by atoms with Crippen LogP contribution in [0.25, 0.3) is 0 Å². The van der Waals surface area contributed by atoms with Crippen LogP contribution in [0.2, 0.25) is 0 Å². The predicted octanol–water partition coefficient (Wildman–Crippen LogP) is 6.80. The molecule has 0 unspecified atom stereocenters. The number of aliphatic hydroxyl groups is 1. The lowest BCUT2D eigenvalue weighted by atomic mass is 9.51. The highest BCUT2D eigenvalue weighted by atomic mass is 16.5. The average molecular weight is 506 g/mol. The van der Waals surface area contributed by atoms with E-state index in [-0.39, 0.29) is 11.5 Å². The Bertz CT molecular complexity index is 1010. The molecule has 2 aromatic carbocycles. The van der Waals surface area contributed by atoms with Gasteiger partial charge in [-0.2, -0.15) is 0 Å². The van der Waals surface area contributed by atoms with E-state index in [2.05, 4.69) is 24.9 Å². The minimum Gasteiger partial charge on any atom is -0.508 e. The Morgan fingerprint density at radius 2 is 1.78 bits per heavy atom. The Balaban J connectivity index is 1.11. The zero-order valence-corrected chi connectivity index (χ0v) is 22.9. The van der Waals surface area contributed by atoms with Gasteiger partial charge in [0.25, 0.3) is 0 Å². The average Bonchev–Trinajstić information content (AvgIpc) is 3.20. The number of benzene rings is 2. The Kier molecular flexibility index (Phi) is 8.46. The van der Waals surface area contributed by atoms with Gasteiger partial charge in [-0.05, 0) is 129 Å². The van der Waals surface area contributed by atoms with Crippen LogP contribution in [0.1, 0.15) is 81.8 Å². The molecule has 0 heterocycles. The maximum atomic E-state index is 11.0. The second kappa shape index (κ2) is 11.8. The van der Waals surface area contributed by atoms with Crippen LogP contribution in [0.5, 0.6) is 11.5 Å². The summed E-state index contributed by atoms with van der Waals surface area (Å²) in [6.45, 7) is 5.37. The molecule has 3 aliphatic carbocycles. The van der Waals surface area contributed by atoms with Crippen LogP contribution < -0.4 is 4.74 Å². The van der Waals surface area contributed by atoms with Crippen molar-refractivity contribution in [3.8, 4) is 11.5 Å². The molecule has 0 radical (unpaired) electrons. The monoisotopic (exact) mass is 505 g/mol. The molecule has 0 saturated heterocycles. The third-order valence-electron chi connectivity index (χ3n) is 10.1. The van der Waals surface area contributed by atoms with Gasteiger partial charge < -0.3 is 19.8 Å². The van der Waals surface area contributed by atoms with Gasteiger partial charge in [0.15, 0.2) is 0 Å². The zero-order valence-electron chi connectivity index (χ0n) is 22.9. The Morgan fingerprint density at radius 3 is 2.62 bits per heavy atom. The third kappa shape index (κ3) is 5.86. The van der Waals surface area contributed by atoms with Crippen LogP contribution in [-0.2, 0) is 6.42 Å². The molecule has 2 aromatic rings. The smallest absolute Gasteiger partial charge is 0.119 e. The van der Waals surface area contributed by atoms with Gasteiger partial charge in [0.2, 0.25) is 0 Å². The summed E-state index contributed by atoms with van der Waals surface area (Å²) in [4.78, 5) is 2.44. The van der Waals surface area contributed by atoms with E-state index in [1.165, 1.54) is 49.7 Å². The highest BCUT2D eigenvalue weighted by Crippen LogP contribution is 2.63. The van der Waals surface area contributed by atoms with Crippen molar-refractivity contribution in [2.75, 3.05) is 26.7 Å². The Hall–Kier alpha value is -2.04. The van der Waals surface area contributed by atoms with Gasteiger partial charge in [0.1, 0.15) is 11.5 Å². The van der Waals surface area contributed by atoms with Crippen molar-refractivity contribution in [3.63, 3.8) is 0 Å². The first kappa shape index (κ1) is 26.6. The Morgan fingerprint density at radius 1 is 0.973 bits per heavy atom. The maximum Gasteiger partial charge on any atom is 0.119 e. The van der Waals surface area contributed by atoms with E-state index >= 15 is 0 Å². The van der Waals surface area contributed by atoms with E-state index in [0.717, 1.165) is 51.1 Å². The fourth-order valence-electron chi connectivity index (χ4n) is 8.25. The molecule has 5 rings (SSSR count). The SMILES string of the molecule is CN(CCCCC[C@H]1C[C@]2(C)[C@@H](O)CC[C@H]2[C@@H]2CCc3cc(O)ccc3[C@@H]12)CCCOc1ccccc1. The number of rotatable bonds is 11. The molecule has 0 aromatic heterocycles. The number of fused-ring (bicyclic) bond motifs is 5. The number of aromatic hydroxyl groups is 1. The van der Waals surface area contributed by atoms with E-state index in [1.54, 1.807) is 0 Å². The number of phenols is 1. The molecule has 0 aliphatic heterocycles. The normalized spacial score (nSPS) is 30.5. The molecule has 0 spiro atoms. The van der Waals surface area contributed by atoms with Crippen LogP contribution in [0, 0.1) is 23.2 Å². The summed E-state index contributed by atoms with van der Waals surface area (Å²) in [7, 11) is 2.23. The highest BCUT2D eigenvalue weighted by Gasteiger charge is 2.57. The van der Waals surface area contributed by atoms with Crippen LogP contribution in [-0.4, -0.2) is 48.0 Å². The van der Waals surface area contributed by atoms with Crippen molar-refractivity contribution >= 4 is 0 Å². The summed E-state index contributed by atoms with van der Waals surface area (Å²) < 4.78 is 5.83.